The van der Waals surface area contributed by atoms with E-state index in [1.165, 1.54) is 5.39 Å². The molecular formula is C15H14N4. The molecule has 19 heavy (non-hydrogen) atoms. The van der Waals surface area contributed by atoms with Crippen LogP contribution in [0.25, 0.3) is 10.8 Å². The standard InChI is InChI=1S/C15H14N4/c1-16-15(12-6-7-18-19-9-12)14-10-17-8-11-4-2-3-5-13(11)14/h2-10,15-16H,1H3. The van der Waals surface area contributed by atoms with E-state index in [1.807, 2.05) is 37.6 Å². The van der Waals surface area contributed by atoms with Crippen LogP contribution in [0.5, 0.6) is 0 Å². The Morgan fingerprint density at radius 3 is 2.68 bits per heavy atom. The Labute approximate surface area is 111 Å². The van der Waals surface area contributed by atoms with E-state index < -0.39 is 0 Å². The van der Waals surface area contributed by atoms with Gasteiger partial charge in [-0.25, -0.2) is 0 Å². The Kier molecular flexibility index (Phi) is 3.16. The van der Waals surface area contributed by atoms with Crippen LogP contribution < -0.4 is 5.32 Å². The van der Waals surface area contributed by atoms with Crippen molar-refractivity contribution in [3.8, 4) is 0 Å². The Morgan fingerprint density at radius 1 is 1.00 bits per heavy atom. The molecule has 0 aliphatic rings. The van der Waals surface area contributed by atoms with Gasteiger partial charge in [-0.05, 0) is 29.6 Å². The number of rotatable bonds is 3. The van der Waals surface area contributed by atoms with Crippen LogP contribution in [0.2, 0.25) is 0 Å². The van der Waals surface area contributed by atoms with Gasteiger partial charge in [-0.3, -0.25) is 4.98 Å². The zero-order valence-electron chi connectivity index (χ0n) is 10.6. The second-order valence-corrected chi connectivity index (χ2v) is 4.35. The van der Waals surface area contributed by atoms with Crippen LogP contribution >= 0.6 is 0 Å². The molecule has 0 spiro atoms. The van der Waals surface area contributed by atoms with Gasteiger partial charge in [0.2, 0.25) is 0 Å². The van der Waals surface area contributed by atoms with E-state index in [4.69, 9.17) is 0 Å². The molecule has 1 unspecified atom stereocenters. The molecule has 4 heteroatoms. The Balaban J connectivity index is 2.17. The number of aromatic nitrogens is 3. The molecule has 0 saturated heterocycles. The van der Waals surface area contributed by atoms with Crippen molar-refractivity contribution in [3.05, 3.63) is 66.2 Å². The highest BCUT2D eigenvalue weighted by Gasteiger charge is 2.15. The first-order valence-corrected chi connectivity index (χ1v) is 6.16. The molecule has 3 aromatic rings. The monoisotopic (exact) mass is 250 g/mol. The molecule has 1 N–H and O–H groups in total. The molecule has 1 aromatic carbocycles. The van der Waals surface area contributed by atoms with Crippen LogP contribution in [0, 0.1) is 0 Å². The predicted molar refractivity (Wildman–Crippen MR) is 74.7 cm³/mol. The van der Waals surface area contributed by atoms with Crippen molar-refractivity contribution in [2.24, 2.45) is 0 Å². The Hall–Kier alpha value is -2.33. The molecule has 0 aliphatic heterocycles. The van der Waals surface area contributed by atoms with Gasteiger partial charge in [0.1, 0.15) is 0 Å². The maximum absolute atomic E-state index is 4.33. The summed E-state index contributed by atoms with van der Waals surface area (Å²) in [5.74, 6) is 0. The van der Waals surface area contributed by atoms with Gasteiger partial charge in [0, 0.05) is 24.0 Å². The second-order valence-electron chi connectivity index (χ2n) is 4.35. The molecule has 0 fully saturated rings. The smallest absolute Gasteiger partial charge is 0.0612 e. The van der Waals surface area contributed by atoms with Gasteiger partial charge in [-0.15, -0.1) is 0 Å². The molecular weight excluding hydrogens is 236 g/mol. The highest BCUT2D eigenvalue weighted by molar-refractivity contribution is 5.85. The van der Waals surface area contributed by atoms with Crippen molar-refractivity contribution in [1.82, 2.24) is 20.5 Å². The number of nitrogens with one attached hydrogen (secondary N) is 1. The fourth-order valence-electron chi connectivity index (χ4n) is 2.34. The number of hydrogen-bond donors (Lipinski definition) is 1. The molecule has 4 nitrogen and oxygen atoms in total. The van der Waals surface area contributed by atoms with Crippen LogP contribution in [-0.2, 0) is 0 Å². The largest absolute Gasteiger partial charge is 0.309 e. The maximum Gasteiger partial charge on any atom is 0.0612 e. The van der Waals surface area contributed by atoms with E-state index in [-0.39, 0.29) is 6.04 Å². The van der Waals surface area contributed by atoms with Crippen molar-refractivity contribution in [1.29, 1.82) is 0 Å². The first-order valence-electron chi connectivity index (χ1n) is 6.16. The lowest BCUT2D eigenvalue weighted by Gasteiger charge is -2.18. The molecule has 0 radical (unpaired) electrons. The number of nitrogens with zero attached hydrogens (tertiary/aromatic N) is 3. The van der Waals surface area contributed by atoms with E-state index in [9.17, 15) is 0 Å². The third-order valence-corrected chi connectivity index (χ3v) is 3.24. The lowest BCUT2D eigenvalue weighted by molar-refractivity contribution is 0.687. The minimum Gasteiger partial charge on any atom is -0.309 e. The summed E-state index contributed by atoms with van der Waals surface area (Å²) in [6.45, 7) is 0. The van der Waals surface area contributed by atoms with Gasteiger partial charge in [0.15, 0.2) is 0 Å². The molecule has 0 saturated carbocycles. The highest BCUT2D eigenvalue weighted by atomic mass is 15.1. The third kappa shape index (κ3) is 2.18. The minimum atomic E-state index is 0.0640. The molecule has 1 atom stereocenters. The summed E-state index contributed by atoms with van der Waals surface area (Å²) in [6.07, 6.45) is 7.28. The Morgan fingerprint density at radius 2 is 1.89 bits per heavy atom. The average Bonchev–Trinajstić information content (AvgIpc) is 2.49. The number of hydrogen-bond acceptors (Lipinski definition) is 4. The molecule has 0 aliphatic carbocycles. The van der Waals surface area contributed by atoms with Crippen molar-refractivity contribution in [3.63, 3.8) is 0 Å². The van der Waals surface area contributed by atoms with Crippen molar-refractivity contribution in [2.45, 2.75) is 6.04 Å². The average molecular weight is 250 g/mol. The van der Waals surface area contributed by atoms with Gasteiger partial charge in [-0.1, -0.05) is 24.3 Å². The van der Waals surface area contributed by atoms with Crippen LogP contribution in [0.1, 0.15) is 17.2 Å². The highest BCUT2D eigenvalue weighted by Crippen LogP contribution is 2.27. The summed E-state index contributed by atoms with van der Waals surface area (Å²) in [6, 6.07) is 10.3. The van der Waals surface area contributed by atoms with E-state index in [0.717, 1.165) is 16.5 Å². The molecule has 0 amide bonds. The van der Waals surface area contributed by atoms with Gasteiger partial charge < -0.3 is 5.32 Å². The summed E-state index contributed by atoms with van der Waals surface area (Å²) in [4.78, 5) is 4.33. The Bertz CT molecular complexity index is 677. The fourth-order valence-corrected chi connectivity index (χ4v) is 2.34. The number of fused-ring (bicyclic) bond motifs is 1. The molecule has 3 rings (SSSR count). The van der Waals surface area contributed by atoms with E-state index in [0.29, 0.717) is 0 Å². The SMILES string of the molecule is CNC(c1ccnnc1)c1cncc2ccccc12. The lowest BCUT2D eigenvalue weighted by atomic mass is 9.97. The van der Waals surface area contributed by atoms with E-state index in [2.05, 4.69) is 32.6 Å². The molecule has 0 bridgehead atoms. The van der Waals surface area contributed by atoms with Crippen molar-refractivity contribution in [2.75, 3.05) is 7.05 Å². The quantitative estimate of drug-likeness (QED) is 0.775. The first-order chi connectivity index (χ1) is 9.40. The van der Waals surface area contributed by atoms with Gasteiger partial charge in [-0.2, -0.15) is 10.2 Å². The van der Waals surface area contributed by atoms with E-state index in [1.54, 1.807) is 12.4 Å². The van der Waals surface area contributed by atoms with E-state index >= 15 is 0 Å². The number of benzene rings is 1. The first kappa shape index (κ1) is 11.7. The maximum atomic E-state index is 4.33. The van der Waals surface area contributed by atoms with Crippen LogP contribution in [0.15, 0.2) is 55.1 Å². The lowest BCUT2D eigenvalue weighted by Crippen LogP contribution is -2.18. The summed E-state index contributed by atoms with van der Waals surface area (Å²) in [7, 11) is 1.94. The van der Waals surface area contributed by atoms with Crippen LogP contribution in [0.4, 0.5) is 0 Å². The zero-order chi connectivity index (χ0) is 13.1. The summed E-state index contributed by atoms with van der Waals surface area (Å²) in [5.41, 5.74) is 2.23. The molecule has 94 valence electrons. The fraction of sp³-hybridized carbons (Fsp3) is 0.133. The third-order valence-electron chi connectivity index (χ3n) is 3.24. The summed E-state index contributed by atoms with van der Waals surface area (Å²) >= 11 is 0. The minimum absolute atomic E-state index is 0.0640. The van der Waals surface area contributed by atoms with Gasteiger partial charge in [0.05, 0.1) is 12.2 Å². The van der Waals surface area contributed by atoms with Crippen LogP contribution in [0.3, 0.4) is 0 Å². The van der Waals surface area contributed by atoms with Gasteiger partial charge >= 0.3 is 0 Å². The van der Waals surface area contributed by atoms with Crippen LogP contribution in [-0.4, -0.2) is 22.2 Å². The number of pyridine rings is 1. The predicted octanol–water partition coefficient (Wildman–Crippen LogP) is 2.33. The van der Waals surface area contributed by atoms with Crippen molar-refractivity contribution < 1.29 is 0 Å². The van der Waals surface area contributed by atoms with Gasteiger partial charge in [0.25, 0.3) is 0 Å². The molecule has 2 heterocycles. The normalized spacial score (nSPS) is 12.5. The molecule has 2 aromatic heterocycles. The topological polar surface area (TPSA) is 50.7 Å². The second kappa shape index (κ2) is 5.12. The zero-order valence-corrected chi connectivity index (χ0v) is 10.6. The van der Waals surface area contributed by atoms with Crippen molar-refractivity contribution >= 4 is 10.8 Å². The summed E-state index contributed by atoms with van der Waals surface area (Å²) < 4.78 is 0. The summed E-state index contributed by atoms with van der Waals surface area (Å²) in [5, 5.41) is 13.4.